The summed E-state index contributed by atoms with van der Waals surface area (Å²) in [6.07, 6.45) is 2.01. The molecule has 1 N–H and O–H groups in total. The van der Waals surface area contributed by atoms with Gasteiger partial charge in [-0.25, -0.2) is 0 Å². The van der Waals surface area contributed by atoms with E-state index in [4.69, 9.17) is 18.9 Å². The molecule has 1 amide bonds. The van der Waals surface area contributed by atoms with Crippen molar-refractivity contribution in [1.29, 1.82) is 0 Å². The molecule has 27 heavy (non-hydrogen) atoms. The predicted octanol–water partition coefficient (Wildman–Crippen LogP) is 3.36. The zero-order valence-electron chi connectivity index (χ0n) is 16.3. The molecule has 0 heterocycles. The minimum Gasteiger partial charge on any atom is -0.493 e. The smallest absolute Gasteiger partial charge is 0.220 e. The van der Waals surface area contributed by atoms with Crippen LogP contribution in [0.2, 0.25) is 0 Å². The summed E-state index contributed by atoms with van der Waals surface area (Å²) in [6.45, 7) is 0.454. The third-order valence-corrected chi connectivity index (χ3v) is 4.25. The molecule has 6 heteroatoms. The molecule has 0 aliphatic heterocycles. The van der Waals surface area contributed by atoms with Crippen molar-refractivity contribution in [3.05, 3.63) is 47.5 Å². The van der Waals surface area contributed by atoms with Gasteiger partial charge in [-0.1, -0.05) is 12.1 Å². The first kappa shape index (κ1) is 20.4. The van der Waals surface area contributed by atoms with Gasteiger partial charge >= 0.3 is 0 Å². The average molecular weight is 373 g/mol. The van der Waals surface area contributed by atoms with Gasteiger partial charge in [0, 0.05) is 13.0 Å². The SMILES string of the molecule is COc1ccc(CCCC(=O)NCc2ccc(OC)c(OC)c2)cc1OC. The summed E-state index contributed by atoms with van der Waals surface area (Å²) in [5.41, 5.74) is 2.07. The van der Waals surface area contributed by atoms with Crippen LogP contribution in [-0.4, -0.2) is 34.3 Å². The van der Waals surface area contributed by atoms with Crippen LogP contribution in [-0.2, 0) is 17.8 Å². The lowest BCUT2D eigenvalue weighted by Crippen LogP contribution is -2.22. The van der Waals surface area contributed by atoms with Gasteiger partial charge in [0.25, 0.3) is 0 Å². The van der Waals surface area contributed by atoms with Crippen molar-refractivity contribution in [2.45, 2.75) is 25.8 Å². The van der Waals surface area contributed by atoms with Crippen molar-refractivity contribution in [3.8, 4) is 23.0 Å². The molecule has 0 atom stereocenters. The van der Waals surface area contributed by atoms with Gasteiger partial charge in [-0.05, 0) is 48.2 Å². The van der Waals surface area contributed by atoms with Crippen LogP contribution < -0.4 is 24.3 Å². The Labute approximate surface area is 160 Å². The molecule has 6 nitrogen and oxygen atoms in total. The summed E-state index contributed by atoms with van der Waals surface area (Å²) in [7, 11) is 6.41. The summed E-state index contributed by atoms with van der Waals surface area (Å²) in [6, 6.07) is 11.4. The van der Waals surface area contributed by atoms with Gasteiger partial charge in [-0.15, -0.1) is 0 Å². The molecule has 0 unspecified atom stereocenters. The highest BCUT2D eigenvalue weighted by Crippen LogP contribution is 2.28. The zero-order valence-corrected chi connectivity index (χ0v) is 16.3. The summed E-state index contributed by atoms with van der Waals surface area (Å²) >= 11 is 0. The number of hydrogen-bond acceptors (Lipinski definition) is 5. The highest BCUT2D eigenvalue weighted by atomic mass is 16.5. The van der Waals surface area contributed by atoms with Crippen LogP contribution in [0.3, 0.4) is 0 Å². The lowest BCUT2D eigenvalue weighted by molar-refractivity contribution is -0.121. The van der Waals surface area contributed by atoms with Crippen LogP contribution in [0, 0.1) is 0 Å². The quantitative estimate of drug-likeness (QED) is 0.692. The maximum atomic E-state index is 12.1. The van der Waals surface area contributed by atoms with Crippen LogP contribution in [0.1, 0.15) is 24.0 Å². The average Bonchev–Trinajstić information content (AvgIpc) is 2.71. The number of aryl methyl sites for hydroxylation is 1. The predicted molar refractivity (Wildman–Crippen MR) is 104 cm³/mol. The zero-order chi connectivity index (χ0) is 19.6. The Morgan fingerprint density at radius 2 is 1.30 bits per heavy atom. The first-order valence-electron chi connectivity index (χ1n) is 8.79. The largest absolute Gasteiger partial charge is 0.493 e. The van der Waals surface area contributed by atoms with Gasteiger partial charge in [0.05, 0.1) is 28.4 Å². The number of benzene rings is 2. The molecule has 0 fully saturated rings. The molecule has 2 rings (SSSR count). The van der Waals surface area contributed by atoms with Gasteiger partial charge in [0.1, 0.15) is 0 Å². The van der Waals surface area contributed by atoms with E-state index in [0.717, 1.165) is 24.0 Å². The topological polar surface area (TPSA) is 66.0 Å². The fourth-order valence-corrected chi connectivity index (χ4v) is 2.77. The Morgan fingerprint density at radius 3 is 1.85 bits per heavy atom. The number of hydrogen-bond donors (Lipinski definition) is 1. The third-order valence-electron chi connectivity index (χ3n) is 4.25. The number of nitrogens with one attached hydrogen (secondary N) is 1. The highest BCUT2D eigenvalue weighted by molar-refractivity contribution is 5.75. The highest BCUT2D eigenvalue weighted by Gasteiger charge is 2.08. The molecule has 146 valence electrons. The summed E-state index contributed by atoms with van der Waals surface area (Å²) in [4.78, 5) is 12.1. The normalized spacial score (nSPS) is 10.2. The van der Waals surface area contributed by atoms with Crippen molar-refractivity contribution in [3.63, 3.8) is 0 Å². The molecule has 0 spiro atoms. The molecule has 2 aromatic rings. The molecule has 0 radical (unpaired) electrons. The van der Waals surface area contributed by atoms with E-state index in [1.165, 1.54) is 0 Å². The molecule has 0 bridgehead atoms. The van der Waals surface area contributed by atoms with Gasteiger partial charge in [0.2, 0.25) is 5.91 Å². The van der Waals surface area contributed by atoms with Crippen molar-refractivity contribution >= 4 is 5.91 Å². The molecular formula is C21H27NO5. The molecule has 2 aromatic carbocycles. The maximum Gasteiger partial charge on any atom is 0.220 e. The van der Waals surface area contributed by atoms with Crippen molar-refractivity contribution in [2.75, 3.05) is 28.4 Å². The Bertz CT molecular complexity index is 760. The number of carbonyl (C=O) groups excluding carboxylic acids is 1. The van der Waals surface area contributed by atoms with Gasteiger partial charge in [-0.2, -0.15) is 0 Å². The van der Waals surface area contributed by atoms with E-state index in [9.17, 15) is 4.79 Å². The minimum atomic E-state index is 0.0188. The van der Waals surface area contributed by atoms with E-state index in [2.05, 4.69) is 5.32 Å². The fourth-order valence-electron chi connectivity index (χ4n) is 2.77. The number of amides is 1. The molecular weight excluding hydrogens is 346 g/mol. The van der Waals surface area contributed by atoms with Crippen LogP contribution in [0.15, 0.2) is 36.4 Å². The maximum absolute atomic E-state index is 12.1. The number of carbonyl (C=O) groups is 1. The van der Waals surface area contributed by atoms with Crippen LogP contribution in [0.5, 0.6) is 23.0 Å². The first-order chi connectivity index (χ1) is 13.1. The Hall–Kier alpha value is -2.89. The lowest BCUT2D eigenvalue weighted by atomic mass is 10.1. The van der Waals surface area contributed by atoms with Gasteiger partial charge in [0.15, 0.2) is 23.0 Å². The van der Waals surface area contributed by atoms with E-state index in [1.54, 1.807) is 28.4 Å². The summed E-state index contributed by atoms with van der Waals surface area (Å²) < 4.78 is 21.0. The standard InChI is InChI=1S/C21H27NO5/c1-24-17-10-8-15(12-19(17)26-3)6-5-7-21(23)22-14-16-9-11-18(25-2)20(13-16)27-4/h8-13H,5-7,14H2,1-4H3,(H,22,23). The van der Waals surface area contributed by atoms with Gasteiger partial charge < -0.3 is 24.3 Å². The number of methoxy groups -OCH3 is 4. The van der Waals surface area contributed by atoms with E-state index in [-0.39, 0.29) is 5.91 Å². The van der Waals surface area contributed by atoms with Crippen molar-refractivity contribution < 1.29 is 23.7 Å². The second-order valence-electron chi connectivity index (χ2n) is 6.01. The van der Waals surface area contributed by atoms with Gasteiger partial charge in [-0.3, -0.25) is 4.79 Å². The second kappa shape index (κ2) is 10.3. The van der Waals surface area contributed by atoms with Crippen molar-refractivity contribution in [2.24, 2.45) is 0 Å². The Kier molecular flexibility index (Phi) is 7.79. The van der Waals surface area contributed by atoms with Crippen LogP contribution >= 0.6 is 0 Å². The van der Waals surface area contributed by atoms with Crippen molar-refractivity contribution in [1.82, 2.24) is 5.32 Å². The Balaban J connectivity index is 1.80. The Morgan fingerprint density at radius 1 is 0.778 bits per heavy atom. The first-order valence-corrected chi connectivity index (χ1v) is 8.79. The minimum absolute atomic E-state index is 0.0188. The third kappa shape index (κ3) is 5.81. The fraction of sp³-hybridized carbons (Fsp3) is 0.381. The molecule has 0 aromatic heterocycles. The van der Waals surface area contributed by atoms with Crippen LogP contribution in [0.4, 0.5) is 0 Å². The second-order valence-corrected chi connectivity index (χ2v) is 6.01. The van der Waals surface area contributed by atoms with E-state index in [0.29, 0.717) is 36.0 Å². The molecule has 0 saturated carbocycles. The number of rotatable bonds is 10. The molecule has 0 aliphatic rings. The molecule has 0 aliphatic carbocycles. The lowest BCUT2D eigenvalue weighted by Gasteiger charge is -2.11. The molecule has 0 saturated heterocycles. The summed E-state index contributed by atoms with van der Waals surface area (Å²) in [5, 5.41) is 2.93. The van der Waals surface area contributed by atoms with Crippen LogP contribution in [0.25, 0.3) is 0 Å². The monoisotopic (exact) mass is 373 g/mol. The van der Waals surface area contributed by atoms with E-state index < -0.39 is 0 Å². The summed E-state index contributed by atoms with van der Waals surface area (Å²) in [5.74, 6) is 2.74. The van der Waals surface area contributed by atoms with E-state index in [1.807, 2.05) is 36.4 Å². The van der Waals surface area contributed by atoms with E-state index >= 15 is 0 Å². The number of ether oxygens (including phenoxy) is 4.